The summed E-state index contributed by atoms with van der Waals surface area (Å²) in [5, 5.41) is 17.7. The van der Waals surface area contributed by atoms with E-state index in [9.17, 15) is 14.7 Å². The SMILES string of the molecule is CON=C1CCC(C=Cc2ccc3ccc(C(C)NC(=O)OC(C)(C)C)nc3c2)(C(=O)O)CC1. The van der Waals surface area contributed by atoms with Crippen LogP contribution in [0, 0.1) is 5.41 Å². The summed E-state index contributed by atoms with van der Waals surface area (Å²) < 4.78 is 5.33. The second kappa shape index (κ2) is 10.2. The fourth-order valence-electron chi connectivity index (χ4n) is 3.97. The van der Waals surface area contributed by atoms with E-state index in [2.05, 4.69) is 10.5 Å². The topological polar surface area (TPSA) is 110 Å². The van der Waals surface area contributed by atoms with Crippen LogP contribution < -0.4 is 5.32 Å². The number of nitrogens with one attached hydrogen (secondary N) is 1. The second-order valence-corrected chi connectivity index (χ2v) is 9.69. The number of carboxylic acid groups (broad SMARTS) is 1. The van der Waals surface area contributed by atoms with Crippen LogP contribution in [0.5, 0.6) is 0 Å². The first-order chi connectivity index (χ1) is 16.0. The normalized spacial score (nSPS) is 19.6. The number of hydrogen-bond acceptors (Lipinski definition) is 6. The van der Waals surface area contributed by atoms with E-state index < -0.39 is 23.1 Å². The van der Waals surface area contributed by atoms with Gasteiger partial charge < -0.3 is 20.0 Å². The molecule has 182 valence electrons. The molecule has 1 aromatic heterocycles. The number of carbonyl (C=O) groups excluding carboxylic acids is 1. The second-order valence-electron chi connectivity index (χ2n) is 9.69. The summed E-state index contributed by atoms with van der Waals surface area (Å²) in [6, 6.07) is 9.31. The number of hydrogen-bond donors (Lipinski definition) is 2. The number of aliphatic carboxylic acids is 1. The number of fused-ring (bicyclic) bond motifs is 1. The fraction of sp³-hybridized carbons (Fsp3) is 0.462. The van der Waals surface area contributed by atoms with E-state index in [-0.39, 0.29) is 6.04 Å². The Morgan fingerprint density at radius 3 is 2.50 bits per heavy atom. The molecule has 1 aliphatic rings. The van der Waals surface area contributed by atoms with E-state index in [4.69, 9.17) is 14.6 Å². The summed E-state index contributed by atoms with van der Waals surface area (Å²) in [7, 11) is 1.50. The first-order valence-corrected chi connectivity index (χ1v) is 11.4. The van der Waals surface area contributed by atoms with E-state index >= 15 is 0 Å². The van der Waals surface area contributed by atoms with E-state index in [0.29, 0.717) is 31.4 Å². The number of ether oxygens (including phenoxy) is 1. The number of oxime groups is 1. The van der Waals surface area contributed by atoms with Gasteiger partial charge in [0.1, 0.15) is 12.7 Å². The molecule has 1 atom stereocenters. The van der Waals surface area contributed by atoms with Gasteiger partial charge in [-0.05, 0) is 71.1 Å². The molecule has 1 aromatic carbocycles. The maximum atomic E-state index is 12.1. The monoisotopic (exact) mass is 467 g/mol. The van der Waals surface area contributed by atoms with Gasteiger partial charge in [0.25, 0.3) is 0 Å². The molecule has 1 saturated carbocycles. The number of rotatable bonds is 6. The standard InChI is InChI=1S/C26H33N3O5/c1-17(27-24(32)34-25(2,3)4)21-9-8-19-7-6-18(16-22(19)28-21)10-13-26(23(30)31)14-11-20(12-15-26)29-33-5/h6-10,13,16-17H,11-12,14-15H2,1-5H3,(H,27,32)(H,30,31). The maximum Gasteiger partial charge on any atom is 0.408 e. The van der Waals surface area contributed by atoms with Crippen molar-refractivity contribution in [2.24, 2.45) is 10.6 Å². The van der Waals surface area contributed by atoms with Gasteiger partial charge in [-0.15, -0.1) is 0 Å². The van der Waals surface area contributed by atoms with Crippen LogP contribution in [0.25, 0.3) is 17.0 Å². The Morgan fingerprint density at radius 2 is 1.88 bits per heavy atom. The number of carboxylic acids is 1. The minimum Gasteiger partial charge on any atom is -0.481 e. The van der Waals surface area contributed by atoms with E-state index in [1.165, 1.54) is 7.11 Å². The van der Waals surface area contributed by atoms with Crippen molar-refractivity contribution in [1.82, 2.24) is 10.3 Å². The molecule has 2 aromatic rings. The lowest BCUT2D eigenvalue weighted by Crippen LogP contribution is -2.34. The lowest BCUT2D eigenvalue weighted by Gasteiger charge is -2.30. The van der Waals surface area contributed by atoms with Crippen molar-refractivity contribution in [3.8, 4) is 0 Å². The number of pyridine rings is 1. The molecule has 0 aliphatic heterocycles. The number of alkyl carbamates (subject to hydrolysis) is 1. The Balaban J connectivity index is 1.79. The zero-order valence-corrected chi connectivity index (χ0v) is 20.4. The molecule has 1 aliphatic carbocycles. The molecular formula is C26H33N3O5. The van der Waals surface area contributed by atoms with Crippen LogP contribution in [-0.2, 0) is 14.4 Å². The average Bonchev–Trinajstić information content (AvgIpc) is 2.77. The third-order valence-electron chi connectivity index (χ3n) is 5.88. The summed E-state index contributed by atoms with van der Waals surface area (Å²) in [6.07, 6.45) is 5.28. The highest BCUT2D eigenvalue weighted by Gasteiger charge is 2.39. The van der Waals surface area contributed by atoms with Gasteiger partial charge >= 0.3 is 12.1 Å². The van der Waals surface area contributed by atoms with E-state index in [1.807, 2.05) is 64.1 Å². The number of aromatic nitrogens is 1. The van der Waals surface area contributed by atoms with Crippen molar-refractivity contribution < 1.29 is 24.3 Å². The van der Waals surface area contributed by atoms with Crippen LogP contribution in [0.1, 0.15) is 70.7 Å². The predicted molar refractivity (Wildman–Crippen MR) is 132 cm³/mol. The Hall–Kier alpha value is -3.42. The molecule has 2 N–H and O–H groups in total. The minimum absolute atomic E-state index is 0.334. The Bertz CT molecular complexity index is 1110. The lowest BCUT2D eigenvalue weighted by atomic mass is 9.73. The van der Waals surface area contributed by atoms with Gasteiger partial charge in [-0.1, -0.05) is 35.5 Å². The first-order valence-electron chi connectivity index (χ1n) is 11.4. The van der Waals surface area contributed by atoms with Gasteiger partial charge in [0.2, 0.25) is 0 Å². The van der Waals surface area contributed by atoms with Gasteiger partial charge in [-0.25, -0.2) is 4.79 Å². The number of nitrogens with zero attached hydrogens (tertiary/aromatic N) is 2. The maximum absolute atomic E-state index is 12.1. The number of benzene rings is 1. The third kappa shape index (κ3) is 6.34. The van der Waals surface area contributed by atoms with Crippen molar-refractivity contribution in [3.05, 3.63) is 47.7 Å². The molecule has 0 saturated heterocycles. The highest BCUT2D eigenvalue weighted by molar-refractivity contribution is 5.89. The average molecular weight is 468 g/mol. The smallest absolute Gasteiger partial charge is 0.408 e. The molecular weight excluding hydrogens is 434 g/mol. The van der Waals surface area contributed by atoms with Crippen molar-refractivity contribution in [1.29, 1.82) is 0 Å². The summed E-state index contributed by atoms with van der Waals surface area (Å²) in [5.41, 5.74) is 1.72. The highest BCUT2D eigenvalue weighted by Crippen LogP contribution is 2.38. The van der Waals surface area contributed by atoms with Gasteiger partial charge in [0, 0.05) is 5.39 Å². The molecule has 3 rings (SSSR count). The molecule has 0 spiro atoms. The molecule has 0 bridgehead atoms. The number of amides is 1. The van der Waals surface area contributed by atoms with Crippen LogP contribution in [0.15, 0.2) is 41.6 Å². The summed E-state index contributed by atoms with van der Waals surface area (Å²) in [5.74, 6) is -0.830. The van der Waals surface area contributed by atoms with Crippen LogP contribution in [0.3, 0.4) is 0 Å². The molecule has 0 radical (unpaired) electrons. The number of carbonyl (C=O) groups is 2. The Morgan fingerprint density at radius 1 is 1.21 bits per heavy atom. The van der Waals surface area contributed by atoms with Crippen molar-refractivity contribution >= 4 is 34.8 Å². The van der Waals surface area contributed by atoms with Crippen molar-refractivity contribution in [2.45, 2.75) is 65.0 Å². The van der Waals surface area contributed by atoms with E-state index in [1.54, 1.807) is 6.08 Å². The molecule has 1 fully saturated rings. The largest absolute Gasteiger partial charge is 0.481 e. The van der Waals surface area contributed by atoms with Crippen LogP contribution in [0.4, 0.5) is 4.79 Å². The van der Waals surface area contributed by atoms with Crippen LogP contribution >= 0.6 is 0 Å². The minimum atomic E-state index is -0.928. The molecule has 8 heteroatoms. The third-order valence-corrected chi connectivity index (χ3v) is 5.88. The lowest BCUT2D eigenvalue weighted by molar-refractivity contribution is -0.146. The van der Waals surface area contributed by atoms with Crippen LogP contribution in [-0.4, -0.2) is 40.6 Å². The van der Waals surface area contributed by atoms with Crippen molar-refractivity contribution in [3.63, 3.8) is 0 Å². The fourth-order valence-corrected chi connectivity index (χ4v) is 3.97. The van der Waals surface area contributed by atoms with Gasteiger partial charge in [-0.2, -0.15) is 0 Å². The first kappa shape index (κ1) is 25.2. The summed E-state index contributed by atoms with van der Waals surface area (Å²) >= 11 is 0. The molecule has 34 heavy (non-hydrogen) atoms. The zero-order chi connectivity index (χ0) is 24.9. The van der Waals surface area contributed by atoms with Gasteiger partial charge in [0.05, 0.1) is 28.4 Å². The quantitative estimate of drug-likeness (QED) is 0.544. The van der Waals surface area contributed by atoms with Gasteiger partial charge in [-0.3, -0.25) is 9.78 Å². The van der Waals surface area contributed by atoms with Crippen LogP contribution in [0.2, 0.25) is 0 Å². The Labute approximate surface area is 200 Å². The molecule has 8 nitrogen and oxygen atoms in total. The molecule has 1 amide bonds. The highest BCUT2D eigenvalue weighted by atomic mass is 16.6. The van der Waals surface area contributed by atoms with Gasteiger partial charge in [0.15, 0.2) is 0 Å². The van der Waals surface area contributed by atoms with E-state index in [0.717, 1.165) is 22.2 Å². The Kier molecular flexibility index (Phi) is 7.59. The zero-order valence-electron chi connectivity index (χ0n) is 20.4. The molecule has 1 unspecified atom stereocenters. The summed E-state index contributed by atoms with van der Waals surface area (Å²) in [4.78, 5) is 33.7. The molecule has 1 heterocycles. The summed E-state index contributed by atoms with van der Waals surface area (Å²) in [6.45, 7) is 7.29. The van der Waals surface area contributed by atoms with Crippen molar-refractivity contribution in [2.75, 3.05) is 7.11 Å². The predicted octanol–water partition coefficient (Wildman–Crippen LogP) is 5.48.